The van der Waals surface area contributed by atoms with Crippen molar-refractivity contribution in [1.82, 2.24) is 0 Å². The summed E-state index contributed by atoms with van der Waals surface area (Å²) >= 11 is 0. The predicted octanol–water partition coefficient (Wildman–Crippen LogP) is 5.44. The van der Waals surface area contributed by atoms with Crippen LogP contribution in [0.2, 0.25) is 0 Å². The highest BCUT2D eigenvalue weighted by atomic mass is 16.5. The zero-order chi connectivity index (χ0) is 25.1. The molecule has 2 aromatic carbocycles. The van der Waals surface area contributed by atoms with Gasteiger partial charge in [0.1, 0.15) is 29.6 Å². The van der Waals surface area contributed by atoms with Crippen LogP contribution < -0.4 is 4.74 Å². The van der Waals surface area contributed by atoms with E-state index in [1.165, 1.54) is 7.11 Å². The molecule has 0 aromatic heterocycles. The Morgan fingerprint density at radius 2 is 1.76 bits per heavy atom. The summed E-state index contributed by atoms with van der Waals surface area (Å²) in [7, 11) is 1.45. The standard InChI is InChI=1S/C28H32O6/c1-18-24(12-11-21(25(18)30)23(29)16-27(2,3)4)34-17-28(33-5)14-13-20(15-22(28)26(31)32)19-9-7-6-8-10-19/h6-15,22,30H,16-17H2,1-5H3,(H,31,32). The maximum atomic E-state index is 12.6. The van der Waals surface area contributed by atoms with E-state index in [1.54, 1.807) is 31.2 Å². The van der Waals surface area contributed by atoms with Crippen LogP contribution in [0.1, 0.15) is 48.7 Å². The first-order valence-electron chi connectivity index (χ1n) is 11.2. The third-order valence-electron chi connectivity index (χ3n) is 6.00. The molecule has 2 unspecified atom stereocenters. The Balaban J connectivity index is 1.85. The second-order valence-corrected chi connectivity index (χ2v) is 9.83. The Morgan fingerprint density at radius 1 is 1.09 bits per heavy atom. The van der Waals surface area contributed by atoms with Crippen molar-refractivity contribution in [3.05, 3.63) is 77.4 Å². The molecule has 2 N–H and O–H groups in total. The van der Waals surface area contributed by atoms with Gasteiger partial charge in [-0.2, -0.15) is 0 Å². The van der Waals surface area contributed by atoms with Crippen molar-refractivity contribution in [3.8, 4) is 11.5 Å². The second kappa shape index (κ2) is 9.85. The van der Waals surface area contributed by atoms with Crippen molar-refractivity contribution in [2.24, 2.45) is 11.3 Å². The van der Waals surface area contributed by atoms with Crippen LogP contribution >= 0.6 is 0 Å². The second-order valence-electron chi connectivity index (χ2n) is 9.83. The molecule has 6 nitrogen and oxygen atoms in total. The number of phenolic OH excluding ortho intramolecular Hbond substituents is 1. The van der Waals surface area contributed by atoms with E-state index in [0.29, 0.717) is 17.7 Å². The Morgan fingerprint density at radius 3 is 2.35 bits per heavy atom. The van der Waals surface area contributed by atoms with Crippen LogP contribution in [-0.2, 0) is 9.53 Å². The summed E-state index contributed by atoms with van der Waals surface area (Å²) < 4.78 is 11.7. The van der Waals surface area contributed by atoms with E-state index in [0.717, 1.165) is 11.1 Å². The minimum atomic E-state index is -1.24. The van der Waals surface area contributed by atoms with Gasteiger partial charge in [0, 0.05) is 19.1 Å². The number of carbonyl (C=O) groups is 2. The van der Waals surface area contributed by atoms with Crippen molar-refractivity contribution in [2.75, 3.05) is 13.7 Å². The number of rotatable bonds is 8. The Kier molecular flexibility index (Phi) is 7.32. The fraction of sp³-hybridized carbons (Fsp3) is 0.357. The number of Topliss-reactive ketones (excluding diaryl/α,β-unsaturated/α-hetero) is 1. The van der Waals surface area contributed by atoms with Crippen molar-refractivity contribution in [2.45, 2.75) is 39.7 Å². The van der Waals surface area contributed by atoms with Gasteiger partial charge < -0.3 is 19.7 Å². The lowest BCUT2D eigenvalue weighted by molar-refractivity contribution is -0.149. The molecule has 6 heteroatoms. The highest BCUT2D eigenvalue weighted by Gasteiger charge is 2.43. The lowest BCUT2D eigenvalue weighted by atomic mass is 9.80. The molecule has 0 saturated heterocycles. The largest absolute Gasteiger partial charge is 0.507 e. The average molecular weight is 465 g/mol. The van der Waals surface area contributed by atoms with Gasteiger partial charge in [0.05, 0.1) is 5.56 Å². The van der Waals surface area contributed by atoms with Crippen LogP contribution in [0, 0.1) is 18.3 Å². The van der Waals surface area contributed by atoms with Crippen molar-refractivity contribution < 1.29 is 29.3 Å². The number of carboxylic acids is 1. The minimum absolute atomic E-state index is 0.0922. The SMILES string of the molecule is COC1(COc2ccc(C(=O)CC(C)(C)C)c(O)c2C)C=CC(c2ccccc2)=CC1C(=O)O. The molecule has 3 rings (SSSR count). The highest BCUT2D eigenvalue weighted by Crippen LogP contribution is 2.37. The molecular formula is C28H32O6. The maximum Gasteiger partial charge on any atom is 0.313 e. The summed E-state index contributed by atoms with van der Waals surface area (Å²) in [6.45, 7) is 7.46. The van der Waals surface area contributed by atoms with E-state index >= 15 is 0 Å². The number of allylic oxidation sites excluding steroid dienone is 2. The number of carboxylic acid groups (broad SMARTS) is 1. The van der Waals surface area contributed by atoms with E-state index in [2.05, 4.69) is 0 Å². The van der Waals surface area contributed by atoms with Crippen LogP contribution in [0.5, 0.6) is 11.5 Å². The molecule has 180 valence electrons. The molecule has 0 aliphatic heterocycles. The van der Waals surface area contributed by atoms with Gasteiger partial charge in [-0.15, -0.1) is 0 Å². The summed E-state index contributed by atoms with van der Waals surface area (Å²) in [5.41, 5.74) is 0.911. The van der Waals surface area contributed by atoms with Crippen LogP contribution in [0.25, 0.3) is 5.57 Å². The third-order valence-corrected chi connectivity index (χ3v) is 6.00. The fourth-order valence-electron chi connectivity index (χ4n) is 4.04. The quantitative estimate of drug-likeness (QED) is 0.506. The smallest absolute Gasteiger partial charge is 0.313 e. The molecule has 1 aliphatic rings. The number of carbonyl (C=O) groups excluding carboxylic acids is 1. The molecule has 0 bridgehead atoms. The predicted molar refractivity (Wildman–Crippen MR) is 131 cm³/mol. The zero-order valence-electron chi connectivity index (χ0n) is 20.3. The Labute approximate surface area is 200 Å². The third kappa shape index (κ3) is 5.39. The number of hydrogen-bond donors (Lipinski definition) is 2. The topological polar surface area (TPSA) is 93.1 Å². The van der Waals surface area contributed by atoms with Crippen LogP contribution in [-0.4, -0.2) is 41.3 Å². The monoisotopic (exact) mass is 464 g/mol. The van der Waals surface area contributed by atoms with Gasteiger partial charge in [0.25, 0.3) is 0 Å². The molecule has 0 amide bonds. The molecule has 2 aromatic rings. The average Bonchev–Trinajstić information content (AvgIpc) is 2.79. The summed E-state index contributed by atoms with van der Waals surface area (Å²) in [5, 5.41) is 20.6. The van der Waals surface area contributed by atoms with Crippen LogP contribution in [0.15, 0.2) is 60.7 Å². The van der Waals surface area contributed by atoms with Gasteiger partial charge in [-0.25, -0.2) is 0 Å². The molecular weight excluding hydrogens is 432 g/mol. The summed E-state index contributed by atoms with van der Waals surface area (Å²) in [6, 6.07) is 12.7. The number of methoxy groups -OCH3 is 1. The summed E-state index contributed by atoms with van der Waals surface area (Å²) in [6.07, 6.45) is 5.52. The molecule has 0 fully saturated rings. The van der Waals surface area contributed by atoms with Crippen molar-refractivity contribution in [1.29, 1.82) is 0 Å². The fourth-order valence-corrected chi connectivity index (χ4v) is 4.04. The number of aliphatic carboxylic acids is 1. The molecule has 1 aliphatic carbocycles. The first-order chi connectivity index (χ1) is 16.0. The van der Waals surface area contributed by atoms with E-state index < -0.39 is 17.5 Å². The van der Waals surface area contributed by atoms with E-state index in [4.69, 9.17) is 9.47 Å². The molecule has 0 saturated carbocycles. The first kappa shape index (κ1) is 25.2. The van der Waals surface area contributed by atoms with Gasteiger partial charge in [-0.3, -0.25) is 9.59 Å². The molecule has 0 radical (unpaired) electrons. The normalized spacial score (nSPS) is 20.0. The summed E-state index contributed by atoms with van der Waals surface area (Å²) in [4.78, 5) is 24.8. The van der Waals surface area contributed by atoms with Crippen molar-refractivity contribution >= 4 is 17.3 Å². The Bertz CT molecular complexity index is 1120. The van der Waals surface area contributed by atoms with Crippen LogP contribution in [0.3, 0.4) is 0 Å². The highest BCUT2D eigenvalue weighted by molar-refractivity contribution is 5.99. The van der Waals surface area contributed by atoms with E-state index in [1.807, 2.05) is 57.2 Å². The first-order valence-corrected chi connectivity index (χ1v) is 11.2. The zero-order valence-corrected chi connectivity index (χ0v) is 20.3. The lowest BCUT2D eigenvalue weighted by Gasteiger charge is -2.36. The number of benzene rings is 2. The molecule has 34 heavy (non-hydrogen) atoms. The number of phenols is 1. The number of ether oxygens (including phenoxy) is 2. The number of hydrogen-bond acceptors (Lipinski definition) is 5. The Hall–Kier alpha value is -3.38. The number of aromatic hydroxyl groups is 1. The minimum Gasteiger partial charge on any atom is -0.507 e. The van der Waals surface area contributed by atoms with E-state index in [9.17, 15) is 19.8 Å². The van der Waals surface area contributed by atoms with E-state index in [-0.39, 0.29) is 29.1 Å². The molecule has 0 heterocycles. The lowest BCUT2D eigenvalue weighted by Crippen LogP contribution is -2.47. The van der Waals surface area contributed by atoms with Gasteiger partial charge in [-0.1, -0.05) is 63.3 Å². The molecule has 2 atom stereocenters. The van der Waals surface area contributed by atoms with Crippen molar-refractivity contribution in [3.63, 3.8) is 0 Å². The maximum absolute atomic E-state index is 12.6. The van der Waals surface area contributed by atoms with Gasteiger partial charge in [-0.05, 0) is 41.7 Å². The number of ketones is 1. The van der Waals surface area contributed by atoms with Gasteiger partial charge in [0.2, 0.25) is 0 Å². The van der Waals surface area contributed by atoms with Gasteiger partial charge in [0.15, 0.2) is 5.78 Å². The van der Waals surface area contributed by atoms with Gasteiger partial charge >= 0.3 is 5.97 Å². The van der Waals surface area contributed by atoms with Crippen LogP contribution in [0.4, 0.5) is 0 Å². The summed E-state index contributed by atoms with van der Waals surface area (Å²) in [5.74, 6) is -1.94. The molecule has 0 spiro atoms.